The normalized spacial score (nSPS) is 33.6. The van der Waals surface area contributed by atoms with Crippen molar-refractivity contribution in [2.45, 2.75) is 62.4 Å². The van der Waals surface area contributed by atoms with Gasteiger partial charge in [-0.05, 0) is 6.92 Å². The molecule has 0 aromatic carbocycles. The molecule has 6 N–H and O–H groups in total. The van der Waals surface area contributed by atoms with Crippen molar-refractivity contribution in [3.05, 3.63) is 47.1 Å². The van der Waals surface area contributed by atoms with Crippen LogP contribution in [0.15, 0.2) is 30.0 Å². The van der Waals surface area contributed by atoms with E-state index < -0.39 is 69.0 Å². The third-order valence-electron chi connectivity index (χ3n) is 8.06. The van der Waals surface area contributed by atoms with Crippen LogP contribution in [-0.2, 0) is 29.5 Å². The topological polar surface area (TPSA) is 279 Å². The van der Waals surface area contributed by atoms with E-state index in [1.54, 1.807) is 13.1 Å². The van der Waals surface area contributed by atoms with Crippen LogP contribution in [0.25, 0.3) is 22.3 Å². The number of nitrogen functional groups attached to an aromatic ring is 1. The minimum Gasteiger partial charge on any atom is -0.388 e. The molecule has 4 bridgehead atoms. The van der Waals surface area contributed by atoms with Crippen molar-refractivity contribution < 1.29 is 38.2 Å². The number of aryl methyl sites for hydroxylation is 1. The number of H-pyrrole nitrogens is 1. The Balaban J connectivity index is 1.17. The maximum Gasteiger partial charge on any atom is 0.472 e. The van der Waals surface area contributed by atoms with Crippen LogP contribution in [0.3, 0.4) is 0 Å². The minimum atomic E-state index is -4.89. The Kier molecular flexibility index (Phi) is 6.38. The number of nitrogens with two attached hydrogens (primary N) is 1. The van der Waals surface area contributed by atoms with Gasteiger partial charge in [0.2, 0.25) is 0 Å². The van der Waals surface area contributed by atoms with Gasteiger partial charge in [-0.2, -0.15) is 0 Å². The molecular weight excluding hydrogens is 619 g/mol. The molecule has 0 amide bonds. The van der Waals surface area contributed by atoms with Crippen LogP contribution in [0.1, 0.15) is 30.0 Å². The second kappa shape index (κ2) is 10.2. The van der Waals surface area contributed by atoms with Crippen LogP contribution in [0.5, 0.6) is 0 Å². The Morgan fingerprint density at radius 3 is 2.60 bits per heavy atom. The van der Waals surface area contributed by atoms with Gasteiger partial charge in [0, 0.05) is 12.6 Å². The molecule has 5 aromatic rings. The van der Waals surface area contributed by atoms with Crippen molar-refractivity contribution in [3.63, 3.8) is 0 Å². The van der Waals surface area contributed by atoms with E-state index in [0.717, 1.165) is 0 Å². The summed E-state index contributed by atoms with van der Waals surface area (Å²) in [4.78, 5) is 46.6. The third kappa shape index (κ3) is 4.55. The van der Waals surface area contributed by atoms with Crippen LogP contribution in [-0.4, -0.2) is 106 Å². The highest BCUT2D eigenvalue weighted by atomic mass is 31.2. The first-order chi connectivity index (χ1) is 21.6. The average Bonchev–Trinajstić information content (AvgIpc) is 3.81. The molecule has 5 aromatic heterocycles. The van der Waals surface area contributed by atoms with Crippen LogP contribution in [0, 0.1) is 6.92 Å². The highest BCUT2D eigenvalue weighted by Crippen LogP contribution is 2.50. The number of fused-ring (bicyclic) bond motifs is 8. The Bertz CT molecular complexity index is 2040. The quantitative estimate of drug-likeness (QED) is 0.133. The maximum absolute atomic E-state index is 13.2. The highest BCUT2D eigenvalue weighted by molar-refractivity contribution is 7.47. The van der Waals surface area contributed by atoms with Crippen LogP contribution < -0.4 is 11.3 Å². The Labute approximate surface area is 250 Å². The number of aromatic amines is 1. The smallest absolute Gasteiger partial charge is 0.388 e. The number of aliphatic hydroxyl groups excluding tert-OH is 2. The predicted octanol–water partition coefficient (Wildman–Crippen LogP) is -1.74. The number of nitrogens with zero attached hydrogens (tertiary/aromatic N) is 10. The molecule has 2 fully saturated rings. The zero-order valence-electron chi connectivity index (χ0n) is 23.1. The second-order valence-electron chi connectivity index (χ2n) is 10.9. The molecule has 0 saturated carbocycles. The van der Waals surface area contributed by atoms with Gasteiger partial charge in [0.1, 0.15) is 48.1 Å². The lowest BCUT2D eigenvalue weighted by Crippen LogP contribution is -2.35. The van der Waals surface area contributed by atoms with Crippen molar-refractivity contribution >= 4 is 36.0 Å². The fourth-order valence-electron chi connectivity index (χ4n) is 6.02. The molecule has 45 heavy (non-hydrogen) atoms. The molecule has 0 spiro atoms. The van der Waals surface area contributed by atoms with Gasteiger partial charge in [0.25, 0.3) is 5.56 Å². The zero-order chi connectivity index (χ0) is 31.2. The number of nitrogens with one attached hydrogen (secondary N) is 1. The van der Waals surface area contributed by atoms with E-state index in [1.165, 1.54) is 32.8 Å². The molecule has 2 saturated heterocycles. The zero-order valence-corrected chi connectivity index (χ0v) is 24.0. The molecule has 3 unspecified atom stereocenters. The minimum absolute atomic E-state index is 0.0378. The molecule has 8 heterocycles. The molecule has 22 heteroatoms. The average molecular weight is 645 g/mol. The number of anilines is 1. The number of hydrogen-bond donors (Lipinski definition) is 5. The largest absolute Gasteiger partial charge is 0.472 e. The summed E-state index contributed by atoms with van der Waals surface area (Å²) in [7, 11) is -4.89. The molecule has 0 aliphatic carbocycles. The molecule has 8 rings (SSSR count). The lowest BCUT2D eigenvalue weighted by molar-refractivity contribution is -0.0513. The molecule has 21 nitrogen and oxygen atoms in total. The van der Waals surface area contributed by atoms with Crippen molar-refractivity contribution in [2.24, 2.45) is 0 Å². The number of aromatic nitrogens is 11. The second-order valence-corrected chi connectivity index (χ2v) is 12.3. The number of rotatable bonds is 2. The number of imidazole rings is 2. The van der Waals surface area contributed by atoms with E-state index in [-0.39, 0.29) is 34.6 Å². The molecule has 9 atom stereocenters. The molecule has 3 aliphatic heterocycles. The van der Waals surface area contributed by atoms with Crippen LogP contribution in [0.4, 0.5) is 5.82 Å². The van der Waals surface area contributed by atoms with E-state index in [4.69, 9.17) is 24.3 Å². The molecule has 236 valence electrons. The number of phosphoric acid groups is 1. The summed E-state index contributed by atoms with van der Waals surface area (Å²) in [5, 5.41) is 31.1. The van der Waals surface area contributed by atoms with Gasteiger partial charge < -0.3 is 35.3 Å². The lowest BCUT2D eigenvalue weighted by atomic mass is 10.1. The van der Waals surface area contributed by atoms with E-state index in [1.807, 2.05) is 0 Å². The van der Waals surface area contributed by atoms with Gasteiger partial charge in [0.15, 0.2) is 35.1 Å². The van der Waals surface area contributed by atoms with Gasteiger partial charge in [-0.15, -0.1) is 5.10 Å². The summed E-state index contributed by atoms with van der Waals surface area (Å²) in [5.41, 5.74) is 6.58. The van der Waals surface area contributed by atoms with Gasteiger partial charge >= 0.3 is 7.82 Å². The van der Waals surface area contributed by atoms with Crippen molar-refractivity contribution in [2.75, 3.05) is 12.3 Å². The predicted molar refractivity (Wildman–Crippen MR) is 146 cm³/mol. The standard InChI is InChI=1S/C23H25N12O9P/c1-8-29-20-13(21(38)30-8)28-7-34(20)22-14-15(36)11(43-22)4-41-45(39,40)44-17-10(2-9-3-35(14)32-31-9)42-23(16(17)37)33-6-27-12-18(24)25-5-26-19(12)33/h3,5-7,10-11,14-17,22-23,36-37H,2,4H2,1H3,(H,39,40)(H2,24,25,26)(H,29,30,38)/t10-,11-,14+,15?,16?,17+,22-,23-/m1/s1. The Morgan fingerprint density at radius 2 is 1.78 bits per heavy atom. The number of phosphoric ester groups is 1. The summed E-state index contributed by atoms with van der Waals surface area (Å²) in [6, 6.07) is -0.959. The number of hydrogen-bond acceptors (Lipinski definition) is 16. The van der Waals surface area contributed by atoms with Gasteiger partial charge in [0.05, 0.1) is 31.1 Å². The van der Waals surface area contributed by atoms with Crippen LogP contribution >= 0.6 is 7.82 Å². The van der Waals surface area contributed by atoms with Crippen LogP contribution in [0.2, 0.25) is 0 Å². The first-order valence-corrected chi connectivity index (χ1v) is 15.2. The fourth-order valence-corrected chi connectivity index (χ4v) is 6.98. The number of aliphatic hydroxyl groups is 2. The SMILES string of the molecule is Cc1nc2c(ncn2[C@@H]2O[C@@H]3COP(=O)(O)O[C@@H]4C(O)[C@H](n5cnc6c(N)ncnc65)O[C@@H]4Cc4cn(nn4)[C@H]2C3O)c(=O)[nH]1. The third-order valence-corrected chi connectivity index (χ3v) is 9.05. The Hall–Kier alpha value is -4.21. The van der Waals surface area contributed by atoms with Crippen molar-refractivity contribution in [1.29, 1.82) is 0 Å². The summed E-state index contributed by atoms with van der Waals surface area (Å²) < 4.78 is 40.5. The monoisotopic (exact) mass is 644 g/mol. The summed E-state index contributed by atoms with van der Waals surface area (Å²) in [6.45, 7) is 1.01. The van der Waals surface area contributed by atoms with E-state index in [0.29, 0.717) is 11.5 Å². The van der Waals surface area contributed by atoms with E-state index in [9.17, 15) is 24.5 Å². The fraction of sp³-hybridized carbons (Fsp3) is 0.478. The summed E-state index contributed by atoms with van der Waals surface area (Å²) in [6.07, 6.45) is -3.15. The molecular formula is C23H25N12O9P. The van der Waals surface area contributed by atoms with Gasteiger partial charge in [-0.3, -0.25) is 23.0 Å². The van der Waals surface area contributed by atoms with Crippen molar-refractivity contribution in [3.8, 4) is 0 Å². The first-order valence-electron chi connectivity index (χ1n) is 13.7. The summed E-state index contributed by atoms with van der Waals surface area (Å²) in [5.74, 6) is 0.452. The maximum atomic E-state index is 13.2. The van der Waals surface area contributed by atoms with Gasteiger partial charge in [-0.1, -0.05) is 5.21 Å². The first kappa shape index (κ1) is 28.3. The molecule has 3 aliphatic rings. The van der Waals surface area contributed by atoms with E-state index in [2.05, 4.69) is 40.2 Å². The Morgan fingerprint density at radius 1 is 1.02 bits per heavy atom. The number of ether oxygens (including phenoxy) is 2. The van der Waals surface area contributed by atoms with Crippen molar-refractivity contribution in [1.82, 2.24) is 54.0 Å². The van der Waals surface area contributed by atoms with Gasteiger partial charge in [-0.25, -0.2) is 34.2 Å². The molecule has 0 radical (unpaired) electrons. The lowest BCUT2D eigenvalue weighted by Gasteiger charge is -2.24. The van der Waals surface area contributed by atoms with E-state index >= 15 is 0 Å². The summed E-state index contributed by atoms with van der Waals surface area (Å²) >= 11 is 0. The highest BCUT2D eigenvalue weighted by Gasteiger charge is 2.52.